The van der Waals surface area contributed by atoms with E-state index >= 15 is 0 Å². The fraction of sp³-hybridized carbons (Fsp3) is 0.417. The Morgan fingerprint density at radius 2 is 2.00 bits per heavy atom. The van der Waals surface area contributed by atoms with Crippen molar-refractivity contribution in [3.05, 3.63) is 28.2 Å². The van der Waals surface area contributed by atoms with Crippen molar-refractivity contribution in [3.63, 3.8) is 0 Å². The molecule has 0 saturated carbocycles. The molecule has 0 unspecified atom stereocenters. The molecule has 6 heteroatoms. The second kappa shape index (κ2) is 6.91. The van der Waals surface area contributed by atoms with E-state index in [0.717, 1.165) is 4.47 Å². The van der Waals surface area contributed by atoms with E-state index in [4.69, 9.17) is 4.74 Å². The molecular weight excluding hydrogens is 430 g/mol. The lowest BCUT2D eigenvalue weighted by Crippen LogP contribution is -2.49. The second-order valence-corrected chi connectivity index (χ2v) is 6.16. The molecule has 100 valence electrons. The van der Waals surface area contributed by atoms with Gasteiger partial charge in [0.25, 0.3) is 5.91 Å². The predicted molar refractivity (Wildman–Crippen MR) is 84.2 cm³/mol. The van der Waals surface area contributed by atoms with E-state index < -0.39 is 0 Å². The van der Waals surface area contributed by atoms with Gasteiger partial charge in [-0.1, -0.05) is 47.8 Å². The first-order valence-electron chi connectivity index (χ1n) is 5.24. The molecular formula is C12H14Br3NO2. The highest BCUT2D eigenvalue weighted by molar-refractivity contribution is 9.10. The van der Waals surface area contributed by atoms with Crippen molar-refractivity contribution in [1.82, 2.24) is 5.32 Å². The number of hydrogen-bond donors (Lipinski definition) is 1. The van der Waals surface area contributed by atoms with E-state index in [-0.39, 0.29) is 11.4 Å². The van der Waals surface area contributed by atoms with Gasteiger partial charge >= 0.3 is 0 Å². The van der Waals surface area contributed by atoms with Crippen LogP contribution in [0.4, 0.5) is 0 Å². The number of rotatable bonds is 5. The number of amides is 1. The lowest BCUT2D eigenvalue weighted by molar-refractivity contribution is 0.0920. The van der Waals surface area contributed by atoms with Crippen LogP contribution in [0.15, 0.2) is 22.7 Å². The first-order chi connectivity index (χ1) is 8.45. The Bertz CT molecular complexity index is 433. The lowest BCUT2D eigenvalue weighted by Gasteiger charge is -2.26. The minimum atomic E-state index is -0.338. The molecule has 0 aliphatic rings. The van der Waals surface area contributed by atoms with Crippen molar-refractivity contribution in [2.24, 2.45) is 0 Å². The highest BCUT2D eigenvalue weighted by Gasteiger charge is 2.25. The van der Waals surface area contributed by atoms with E-state index in [1.165, 1.54) is 0 Å². The van der Waals surface area contributed by atoms with E-state index in [0.29, 0.717) is 22.0 Å². The Kier molecular flexibility index (Phi) is 6.14. The number of alkyl halides is 2. The van der Waals surface area contributed by atoms with Crippen LogP contribution < -0.4 is 10.1 Å². The van der Waals surface area contributed by atoms with E-state index in [1.807, 2.05) is 13.0 Å². The van der Waals surface area contributed by atoms with Gasteiger partial charge in [-0.25, -0.2) is 0 Å². The maximum absolute atomic E-state index is 12.2. The number of benzene rings is 1. The Morgan fingerprint density at radius 3 is 2.50 bits per heavy atom. The Morgan fingerprint density at radius 1 is 1.39 bits per heavy atom. The molecule has 0 aromatic heterocycles. The average Bonchev–Trinajstić information content (AvgIpc) is 2.38. The molecule has 0 heterocycles. The molecule has 18 heavy (non-hydrogen) atoms. The van der Waals surface area contributed by atoms with Crippen LogP contribution in [0.5, 0.6) is 5.75 Å². The normalized spacial score (nSPS) is 11.2. The molecule has 0 saturated heterocycles. The molecule has 0 atom stereocenters. The zero-order valence-corrected chi connectivity index (χ0v) is 14.9. The Labute approximate surface area is 132 Å². The van der Waals surface area contributed by atoms with Gasteiger partial charge in [-0.05, 0) is 25.1 Å². The summed E-state index contributed by atoms with van der Waals surface area (Å²) < 4.78 is 6.09. The van der Waals surface area contributed by atoms with Crippen molar-refractivity contribution in [1.29, 1.82) is 0 Å². The summed E-state index contributed by atoms with van der Waals surface area (Å²) in [6.07, 6.45) is 0. The van der Waals surface area contributed by atoms with Crippen LogP contribution in [0, 0.1) is 0 Å². The summed E-state index contributed by atoms with van der Waals surface area (Å²) in [5.41, 5.74) is 0.184. The van der Waals surface area contributed by atoms with Crippen molar-refractivity contribution in [2.75, 3.05) is 17.8 Å². The number of carbonyl (C=O) groups excluding carboxylic acids is 1. The summed E-state index contributed by atoms with van der Waals surface area (Å²) in [4.78, 5) is 12.2. The first-order valence-corrected chi connectivity index (χ1v) is 8.27. The van der Waals surface area contributed by atoms with Gasteiger partial charge < -0.3 is 10.1 Å². The van der Waals surface area contributed by atoms with Crippen molar-refractivity contribution in [3.8, 4) is 5.75 Å². The molecule has 1 rings (SSSR count). The molecule has 0 aliphatic heterocycles. The number of ether oxygens (including phenoxy) is 1. The molecule has 1 N–H and O–H groups in total. The minimum absolute atomic E-state index is 0.152. The number of halogens is 3. The zero-order chi connectivity index (χ0) is 13.8. The van der Waals surface area contributed by atoms with Gasteiger partial charge in [-0.3, -0.25) is 4.79 Å². The maximum Gasteiger partial charge on any atom is 0.255 e. The molecule has 3 nitrogen and oxygen atoms in total. The first kappa shape index (κ1) is 16.0. The quantitative estimate of drug-likeness (QED) is 0.704. The van der Waals surface area contributed by atoms with Gasteiger partial charge in [0.1, 0.15) is 5.75 Å². The lowest BCUT2D eigenvalue weighted by atomic mass is 10.1. The van der Waals surface area contributed by atoms with Gasteiger partial charge in [0.05, 0.1) is 18.2 Å². The van der Waals surface area contributed by atoms with Gasteiger partial charge in [0.2, 0.25) is 0 Å². The highest BCUT2D eigenvalue weighted by Crippen LogP contribution is 2.24. The van der Waals surface area contributed by atoms with E-state index in [9.17, 15) is 4.79 Å². The highest BCUT2D eigenvalue weighted by atomic mass is 79.9. The zero-order valence-electron chi connectivity index (χ0n) is 10.1. The third-order valence-electron chi connectivity index (χ3n) is 2.41. The van der Waals surface area contributed by atoms with E-state index in [2.05, 4.69) is 53.1 Å². The maximum atomic E-state index is 12.2. The second-order valence-electron chi connectivity index (χ2n) is 4.13. The Balaban J connectivity index is 2.97. The average molecular weight is 444 g/mol. The fourth-order valence-electron chi connectivity index (χ4n) is 1.30. The number of methoxy groups -OCH3 is 1. The third kappa shape index (κ3) is 3.96. The minimum Gasteiger partial charge on any atom is -0.496 e. The van der Waals surface area contributed by atoms with Crippen LogP contribution in [0.2, 0.25) is 0 Å². The monoisotopic (exact) mass is 441 g/mol. The van der Waals surface area contributed by atoms with Crippen LogP contribution in [0.3, 0.4) is 0 Å². The van der Waals surface area contributed by atoms with Crippen LogP contribution in [0.1, 0.15) is 17.3 Å². The van der Waals surface area contributed by atoms with Gasteiger partial charge in [-0.15, -0.1) is 0 Å². The van der Waals surface area contributed by atoms with Gasteiger partial charge in [0, 0.05) is 15.1 Å². The van der Waals surface area contributed by atoms with Gasteiger partial charge in [0.15, 0.2) is 0 Å². The molecule has 1 amide bonds. The molecule has 0 aliphatic carbocycles. The standard InChI is InChI=1S/C12H14Br3NO2/c1-12(6-13,7-14)16-11(17)9-4-3-8(15)5-10(9)18-2/h3-5H,6-7H2,1-2H3,(H,16,17). The van der Waals surface area contributed by atoms with Gasteiger partial charge in [-0.2, -0.15) is 0 Å². The topological polar surface area (TPSA) is 38.3 Å². The van der Waals surface area contributed by atoms with Crippen LogP contribution in [0.25, 0.3) is 0 Å². The molecule has 0 bridgehead atoms. The Hall–Kier alpha value is -0.0700. The summed E-state index contributed by atoms with van der Waals surface area (Å²) >= 11 is 10.1. The molecule has 1 aromatic carbocycles. The predicted octanol–water partition coefficient (Wildman–Crippen LogP) is 3.74. The number of carbonyl (C=O) groups is 1. The van der Waals surface area contributed by atoms with Crippen LogP contribution in [-0.2, 0) is 0 Å². The number of hydrogen-bond acceptors (Lipinski definition) is 2. The third-order valence-corrected chi connectivity index (χ3v) is 5.38. The largest absolute Gasteiger partial charge is 0.496 e. The molecule has 0 fully saturated rings. The summed E-state index contributed by atoms with van der Waals surface area (Å²) in [6, 6.07) is 5.33. The van der Waals surface area contributed by atoms with Crippen LogP contribution in [-0.4, -0.2) is 29.2 Å². The molecule has 1 aromatic rings. The molecule has 0 radical (unpaired) electrons. The fourth-order valence-corrected chi connectivity index (χ4v) is 2.85. The summed E-state index contributed by atoms with van der Waals surface area (Å²) in [5, 5.41) is 4.30. The van der Waals surface area contributed by atoms with Crippen LogP contribution >= 0.6 is 47.8 Å². The van der Waals surface area contributed by atoms with E-state index in [1.54, 1.807) is 19.2 Å². The van der Waals surface area contributed by atoms with Crippen molar-refractivity contribution in [2.45, 2.75) is 12.5 Å². The summed E-state index contributed by atoms with van der Waals surface area (Å²) in [6.45, 7) is 1.96. The van der Waals surface area contributed by atoms with Crippen molar-refractivity contribution < 1.29 is 9.53 Å². The summed E-state index contributed by atoms with van der Waals surface area (Å²) in [5.74, 6) is 0.397. The number of nitrogens with one attached hydrogen (secondary N) is 1. The summed E-state index contributed by atoms with van der Waals surface area (Å²) in [7, 11) is 1.55. The molecule has 0 spiro atoms. The smallest absolute Gasteiger partial charge is 0.255 e. The van der Waals surface area contributed by atoms with Crippen molar-refractivity contribution >= 4 is 53.7 Å². The SMILES string of the molecule is COc1cc(Br)ccc1C(=O)NC(C)(CBr)CBr.